The molecular formula is C6H14S3. The van der Waals surface area contributed by atoms with Gasteiger partial charge in [-0.05, 0) is 6.42 Å². The Morgan fingerprint density at radius 2 is 1.89 bits per heavy atom. The molecule has 0 radical (unpaired) electrons. The maximum Gasteiger partial charge on any atom is 0.0125 e. The average Bonchev–Trinajstić information content (AvgIpc) is 1.89. The van der Waals surface area contributed by atoms with Gasteiger partial charge >= 0.3 is 0 Å². The van der Waals surface area contributed by atoms with Gasteiger partial charge in [0.2, 0.25) is 0 Å². The van der Waals surface area contributed by atoms with E-state index in [1.54, 1.807) is 0 Å². The molecule has 0 aliphatic rings. The van der Waals surface area contributed by atoms with Crippen molar-refractivity contribution in [3.8, 4) is 0 Å². The van der Waals surface area contributed by atoms with Crippen molar-refractivity contribution in [3.05, 3.63) is 0 Å². The maximum atomic E-state index is 4.11. The lowest BCUT2D eigenvalue weighted by Crippen LogP contribution is -1.77. The Balaban J connectivity index is 2.60. The first-order valence-corrected chi connectivity index (χ1v) is 6.39. The summed E-state index contributed by atoms with van der Waals surface area (Å²) in [6.07, 6.45) is 2.67. The fourth-order valence-electron chi connectivity index (χ4n) is 0.358. The Kier molecular flexibility index (Phi) is 10.1. The molecule has 0 aromatic carbocycles. The van der Waals surface area contributed by atoms with Gasteiger partial charge in [-0.25, -0.2) is 0 Å². The van der Waals surface area contributed by atoms with Crippen molar-refractivity contribution in [1.29, 1.82) is 0 Å². The van der Waals surface area contributed by atoms with Gasteiger partial charge in [0, 0.05) is 17.3 Å². The van der Waals surface area contributed by atoms with Crippen LogP contribution in [0.4, 0.5) is 0 Å². The fourth-order valence-corrected chi connectivity index (χ4v) is 3.03. The molecule has 0 unspecified atom stereocenters. The fraction of sp³-hybridized carbons (Fsp3) is 1.00. The summed E-state index contributed by atoms with van der Waals surface area (Å²) >= 11 is 4.11. The van der Waals surface area contributed by atoms with Crippen LogP contribution in [0.2, 0.25) is 0 Å². The molecule has 0 saturated heterocycles. The molecule has 9 heavy (non-hydrogen) atoms. The van der Waals surface area contributed by atoms with Gasteiger partial charge in [0.05, 0.1) is 0 Å². The van der Waals surface area contributed by atoms with Crippen LogP contribution in [-0.2, 0) is 0 Å². The summed E-state index contributed by atoms with van der Waals surface area (Å²) in [5, 5.41) is 0. The lowest BCUT2D eigenvalue weighted by Gasteiger charge is -1.95. The van der Waals surface area contributed by atoms with Crippen LogP contribution in [0.25, 0.3) is 0 Å². The number of hydrogen-bond acceptors (Lipinski definition) is 3. The van der Waals surface area contributed by atoms with E-state index in [0.29, 0.717) is 0 Å². The van der Waals surface area contributed by atoms with Crippen LogP contribution in [0.3, 0.4) is 0 Å². The first-order valence-electron chi connectivity index (χ1n) is 3.27. The smallest absolute Gasteiger partial charge is 0.0125 e. The SMILES string of the molecule is CCCCSSCCS. The quantitative estimate of drug-likeness (QED) is 0.381. The molecular weight excluding hydrogens is 168 g/mol. The molecule has 0 aliphatic heterocycles. The Labute approximate surface area is 71.4 Å². The van der Waals surface area contributed by atoms with Crippen LogP contribution in [0.15, 0.2) is 0 Å². The molecule has 0 bridgehead atoms. The third-order valence-corrected chi connectivity index (χ3v) is 3.86. The monoisotopic (exact) mass is 182 g/mol. The second kappa shape index (κ2) is 9.05. The van der Waals surface area contributed by atoms with Crippen LogP contribution in [-0.4, -0.2) is 17.3 Å². The molecule has 0 aliphatic carbocycles. The van der Waals surface area contributed by atoms with Gasteiger partial charge < -0.3 is 0 Å². The van der Waals surface area contributed by atoms with Crippen LogP contribution in [0, 0.1) is 0 Å². The Morgan fingerprint density at radius 1 is 1.22 bits per heavy atom. The van der Waals surface area contributed by atoms with E-state index in [1.165, 1.54) is 24.3 Å². The highest BCUT2D eigenvalue weighted by molar-refractivity contribution is 8.76. The normalized spacial score (nSPS) is 10.0. The number of unbranched alkanes of at least 4 members (excludes halogenated alkanes) is 1. The van der Waals surface area contributed by atoms with Crippen LogP contribution in [0.5, 0.6) is 0 Å². The summed E-state index contributed by atoms with van der Waals surface area (Å²) in [5.74, 6) is 3.48. The zero-order chi connectivity index (χ0) is 6.95. The largest absolute Gasteiger partial charge is 0.178 e. The lowest BCUT2D eigenvalue weighted by atomic mass is 10.4. The minimum Gasteiger partial charge on any atom is -0.178 e. The molecule has 0 saturated carbocycles. The Hall–Kier alpha value is 1.05. The van der Waals surface area contributed by atoms with Crippen molar-refractivity contribution in [1.82, 2.24) is 0 Å². The van der Waals surface area contributed by atoms with Crippen molar-refractivity contribution in [2.45, 2.75) is 19.8 Å². The van der Waals surface area contributed by atoms with Crippen molar-refractivity contribution < 1.29 is 0 Å². The molecule has 0 atom stereocenters. The predicted molar refractivity (Wildman–Crippen MR) is 53.7 cm³/mol. The zero-order valence-electron chi connectivity index (χ0n) is 5.80. The minimum atomic E-state index is 1.00. The molecule has 0 heterocycles. The Morgan fingerprint density at radius 3 is 2.44 bits per heavy atom. The molecule has 0 amide bonds. The lowest BCUT2D eigenvalue weighted by molar-refractivity contribution is 0.898. The topological polar surface area (TPSA) is 0 Å². The van der Waals surface area contributed by atoms with Crippen molar-refractivity contribution >= 4 is 34.2 Å². The van der Waals surface area contributed by atoms with Gasteiger partial charge in [-0.15, -0.1) is 0 Å². The second-order valence-electron chi connectivity index (χ2n) is 1.72. The van der Waals surface area contributed by atoms with E-state index >= 15 is 0 Å². The highest BCUT2D eigenvalue weighted by atomic mass is 33.1. The van der Waals surface area contributed by atoms with Gasteiger partial charge in [0.15, 0.2) is 0 Å². The summed E-state index contributed by atoms with van der Waals surface area (Å²) in [4.78, 5) is 0. The number of rotatable bonds is 6. The Bertz CT molecular complexity index is 41.6. The van der Waals surface area contributed by atoms with Crippen molar-refractivity contribution in [2.24, 2.45) is 0 Å². The molecule has 3 heteroatoms. The van der Waals surface area contributed by atoms with E-state index in [-0.39, 0.29) is 0 Å². The van der Waals surface area contributed by atoms with Crippen LogP contribution in [0.1, 0.15) is 19.8 Å². The molecule has 56 valence electrons. The summed E-state index contributed by atoms with van der Waals surface area (Å²) in [5.41, 5.74) is 0. The highest BCUT2D eigenvalue weighted by Crippen LogP contribution is 2.21. The molecule has 0 rings (SSSR count). The molecule has 0 nitrogen and oxygen atoms in total. The molecule has 0 fully saturated rings. The molecule has 0 aromatic rings. The first-order chi connectivity index (χ1) is 4.41. The zero-order valence-corrected chi connectivity index (χ0v) is 8.33. The van der Waals surface area contributed by atoms with Gasteiger partial charge in [-0.3, -0.25) is 0 Å². The van der Waals surface area contributed by atoms with Crippen molar-refractivity contribution in [2.75, 3.05) is 17.3 Å². The summed E-state index contributed by atoms with van der Waals surface area (Å²) in [7, 11) is 3.90. The van der Waals surface area contributed by atoms with E-state index in [1.807, 2.05) is 21.6 Å². The van der Waals surface area contributed by atoms with E-state index in [0.717, 1.165) is 5.75 Å². The first kappa shape index (κ1) is 10.0. The maximum absolute atomic E-state index is 4.11. The molecule has 0 aromatic heterocycles. The number of thiol groups is 1. The average molecular weight is 182 g/mol. The van der Waals surface area contributed by atoms with Gasteiger partial charge in [-0.1, -0.05) is 34.9 Å². The van der Waals surface area contributed by atoms with E-state index in [9.17, 15) is 0 Å². The van der Waals surface area contributed by atoms with Crippen molar-refractivity contribution in [3.63, 3.8) is 0 Å². The summed E-state index contributed by atoms with van der Waals surface area (Å²) < 4.78 is 0. The van der Waals surface area contributed by atoms with Crippen LogP contribution < -0.4 is 0 Å². The predicted octanol–water partition coefficient (Wildman–Crippen LogP) is 3.10. The van der Waals surface area contributed by atoms with E-state index in [4.69, 9.17) is 0 Å². The number of hydrogen-bond donors (Lipinski definition) is 1. The van der Waals surface area contributed by atoms with Gasteiger partial charge in [-0.2, -0.15) is 12.6 Å². The standard InChI is InChI=1S/C6H14S3/c1-2-3-5-8-9-6-4-7/h7H,2-6H2,1H3. The van der Waals surface area contributed by atoms with Gasteiger partial charge in [0.25, 0.3) is 0 Å². The second-order valence-corrected chi connectivity index (χ2v) is 4.87. The van der Waals surface area contributed by atoms with Crippen LogP contribution >= 0.6 is 34.2 Å². The summed E-state index contributed by atoms with van der Waals surface area (Å²) in [6.45, 7) is 2.23. The summed E-state index contributed by atoms with van der Waals surface area (Å²) in [6, 6.07) is 0. The third-order valence-electron chi connectivity index (χ3n) is 0.839. The third kappa shape index (κ3) is 9.05. The van der Waals surface area contributed by atoms with E-state index in [2.05, 4.69) is 19.6 Å². The van der Waals surface area contributed by atoms with E-state index < -0.39 is 0 Å². The van der Waals surface area contributed by atoms with Gasteiger partial charge in [0.1, 0.15) is 0 Å². The minimum absolute atomic E-state index is 1.00. The highest BCUT2D eigenvalue weighted by Gasteiger charge is 1.86. The molecule has 0 spiro atoms. The molecule has 0 N–H and O–H groups in total.